The minimum Gasteiger partial charge on any atom is -0.126 e. The summed E-state index contributed by atoms with van der Waals surface area (Å²) in [6.45, 7) is 9.59. The van der Waals surface area contributed by atoms with E-state index in [1.165, 1.54) is 12.8 Å². The minimum atomic E-state index is 0.510. The maximum Gasteiger partial charge on any atom is 0.0262 e. The molecule has 2 fully saturated rings. The number of hydrogen-bond donors (Lipinski definition) is 0. The molecule has 2 aliphatic carbocycles. The standard InChI is InChI=1S/C11H19Cl/c1-9(2)5-6-11(9)8(7-12)10(11,3)4/h8H,5-7H2,1-4H3. The van der Waals surface area contributed by atoms with Crippen LogP contribution in [-0.4, -0.2) is 5.88 Å². The lowest BCUT2D eigenvalue weighted by atomic mass is 9.56. The van der Waals surface area contributed by atoms with Gasteiger partial charge < -0.3 is 0 Å². The van der Waals surface area contributed by atoms with Crippen molar-refractivity contribution in [3.05, 3.63) is 0 Å². The molecule has 12 heavy (non-hydrogen) atoms. The molecule has 0 aliphatic heterocycles. The summed E-state index contributed by atoms with van der Waals surface area (Å²) in [7, 11) is 0. The van der Waals surface area contributed by atoms with Crippen molar-refractivity contribution in [2.75, 3.05) is 5.88 Å². The smallest absolute Gasteiger partial charge is 0.0262 e. The van der Waals surface area contributed by atoms with E-state index in [1.807, 2.05) is 0 Å². The predicted octanol–water partition coefficient (Wildman–Crippen LogP) is 3.69. The summed E-state index contributed by atoms with van der Waals surface area (Å²) in [5.74, 6) is 1.63. The molecule has 0 heterocycles. The van der Waals surface area contributed by atoms with Gasteiger partial charge in [-0.25, -0.2) is 0 Å². The molecular formula is C11H19Cl. The highest BCUT2D eigenvalue weighted by molar-refractivity contribution is 6.18. The average molecular weight is 187 g/mol. The van der Waals surface area contributed by atoms with Crippen LogP contribution in [0.15, 0.2) is 0 Å². The zero-order valence-electron chi connectivity index (χ0n) is 8.58. The first-order chi connectivity index (χ1) is 5.40. The highest BCUT2D eigenvalue weighted by Crippen LogP contribution is 2.84. The largest absolute Gasteiger partial charge is 0.126 e. The van der Waals surface area contributed by atoms with E-state index in [2.05, 4.69) is 27.7 Å². The van der Waals surface area contributed by atoms with Gasteiger partial charge in [-0.3, -0.25) is 0 Å². The van der Waals surface area contributed by atoms with Crippen LogP contribution in [0.25, 0.3) is 0 Å². The van der Waals surface area contributed by atoms with Crippen molar-refractivity contribution in [2.45, 2.75) is 40.5 Å². The Labute approximate surface area is 80.7 Å². The fourth-order valence-corrected chi connectivity index (χ4v) is 4.67. The second kappa shape index (κ2) is 2.03. The lowest BCUT2D eigenvalue weighted by Gasteiger charge is -2.49. The van der Waals surface area contributed by atoms with Gasteiger partial charge in [0.05, 0.1) is 0 Å². The van der Waals surface area contributed by atoms with Crippen molar-refractivity contribution in [3.63, 3.8) is 0 Å². The van der Waals surface area contributed by atoms with Crippen LogP contribution in [0.4, 0.5) is 0 Å². The Bertz CT molecular complexity index is 217. The first-order valence-electron chi connectivity index (χ1n) is 4.96. The molecule has 0 aromatic heterocycles. The van der Waals surface area contributed by atoms with E-state index in [9.17, 15) is 0 Å². The number of halogens is 1. The summed E-state index contributed by atoms with van der Waals surface area (Å²) in [5, 5.41) is 0. The van der Waals surface area contributed by atoms with E-state index in [-0.39, 0.29) is 0 Å². The van der Waals surface area contributed by atoms with Crippen LogP contribution in [0, 0.1) is 22.2 Å². The minimum absolute atomic E-state index is 0.510. The van der Waals surface area contributed by atoms with Crippen LogP contribution in [-0.2, 0) is 0 Å². The monoisotopic (exact) mass is 186 g/mol. The molecule has 0 N–H and O–H groups in total. The van der Waals surface area contributed by atoms with Gasteiger partial charge in [0, 0.05) is 5.88 Å². The zero-order chi connectivity index (χ0) is 9.20. The molecule has 2 saturated carbocycles. The van der Waals surface area contributed by atoms with Gasteiger partial charge in [0.25, 0.3) is 0 Å². The van der Waals surface area contributed by atoms with Crippen LogP contribution in [0.1, 0.15) is 40.5 Å². The summed E-state index contributed by atoms with van der Waals surface area (Å²) in [6, 6.07) is 0. The molecule has 70 valence electrons. The molecule has 0 aromatic carbocycles. The van der Waals surface area contributed by atoms with Crippen molar-refractivity contribution in [2.24, 2.45) is 22.2 Å². The molecule has 0 nitrogen and oxygen atoms in total. The highest BCUT2D eigenvalue weighted by atomic mass is 35.5. The molecule has 1 heteroatoms. The summed E-state index contributed by atoms with van der Waals surface area (Å²) in [4.78, 5) is 0. The van der Waals surface area contributed by atoms with Crippen LogP contribution in [0.2, 0.25) is 0 Å². The number of hydrogen-bond acceptors (Lipinski definition) is 0. The molecule has 2 atom stereocenters. The Hall–Kier alpha value is 0.290. The molecule has 0 saturated heterocycles. The number of alkyl halides is 1. The van der Waals surface area contributed by atoms with Crippen molar-refractivity contribution in [3.8, 4) is 0 Å². The molecule has 2 aliphatic rings. The SMILES string of the molecule is CC1(C)CCC12C(CCl)C2(C)C. The average Bonchev–Trinajstić information content (AvgIpc) is 2.48. The van der Waals surface area contributed by atoms with Gasteiger partial charge in [-0.2, -0.15) is 0 Å². The van der Waals surface area contributed by atoms with Gasteiger partial charge in [0.1, 0.15) is 0 Å². The zero-order valence-corrected chi connectivity index (χ0v) is 9.33. The second-order valence-corrected chi connectivity index (χ2v) is 6.09. The van der Waals surface area contributed by atoms with Gasteiger partial charge in [-0.15, -0.1) is 11.6 Å². The predicted molar refractivity (Wildman–Crippen MR) is 53.4 cm³/mol. The van der Waals surface area contributed by atoms with Crippen molar-refractivity contribution >= 4 is 11.6 Å². The second-order valence-electron chi connectivity index (χ2n) is 5.78. The van der Waals surface area contributed by atoms with Crippen molar-refractivity contribution < 1.29 is 0 Å². The molecule has 2 unspecified atom stereocenters. The maximum atomic E-state index is 6.01. The van der Waals surface area contributed by atoms with Crippen LogP contribution in [0.5, 0.6) is 0 Å². The van der Waals surface area contributed by atoms with E-state index >= 15 is 0 Å². The normalized spacial score (nSPS) is 47.2. The Kier molecular flexibility index (Phi) is 1.50. The molecular weight excluding hydrogens is 168 g/mol. The Morgan fingerprint density at radius 1 is 1.17 bits per heavy atom. The van der Waals surface area contributed by atoms with E-state index in [0.29, 0.717) is 16.2 Å². The topological polar surface area (TPSA) is 0 Å². The third-order valence-electron chi connectivity index (χ3n) is 5.04. The maximum absolute atomic E-state index is 6.01. The third-order valence-corrected chi connectivity index (χ3v) is 5.35. The third kappa shape index (κ3) is 0.639. The molecule has 2 rings (SSSR count). The first-order valence-corrected chi connectivity index (χ1v) is 5.49. The molecule has 0 radical (unpaired) electrons. The van der Waals surface area contributed by atoms with E-state index in [4.69, 9.17) is 11.6 Å². The van der Waals surface area contributed by atoms with Gasteiger partial charge in [0.15, 0.2) is 0 Å². The van der Waals surface area contributed by atoms with Gasteiger partial charge in [-0.05, 0) is 35.0 Å². The Morgan fingerprint density at radius 2 is 1.75 bits per heavy atom. The van der Waals surface area contributed by atoms with Crippen LogP contribution in [0.3, 0.4) is 0 Å². The van der Waals surface area contributed by atoms with Crippen molar-refractivity contribution in [1.29, 1.82) is 0 Å². The summed E-state index contributed by atoms with van der Waals surface area (Å²) in [6.07, 6.45) is 2.80. The van der Waals surface area contributed by atoms with Crippen molar-refractivity contribution in [1.82, 2.24) is 0 Å². The Balaban J connectivity index is 2.27. The fraction of sp³-hybridized carbons (Fsp3) is 1.00. The summed E-state index contributed by atoms with van der Waals surface area (Å²) < 4.78 is 0. The van der Waals surface area contributed by atoms with Crippen LogP contribution < -0.4 is 0 Å². The van der Waals surface area contributed by atoms with E-state index in [0.717, 1.165) is 11.8 Å². The van der Waals surface area contributed by atoms with Gasteiger partial charge in [-0.1, -0.05) is 27.7 Å². The fourth-order valence-electron chi connectivity index (χ4n) is 4.03. The lowest BCUT2D eigenvalue weighted by molar-refractivity contribution is 0.00656. The van der Waals surface area contributed by atoms with E-state index in [1.54, 1.807) is 0 Å². The molecule has 0 bridgehead atoms. The highest BCUT2D eigenvalue weighted by Gasteiger charge is 2.79. The molecule has 1 spiro atoms. The van der Waals surface area contributed by atoms with Gasteiger partial charge in [0.2, 0.25) is 0 Å². The number of rotatable bonds is 1. The van der Waals surface area contributed by atoms with E-state index < -0.39 is 0 Å². The summed E-state index contributed by atoms with van der Waals surface area (Å²) in [5.41, 5.74) is 1.66. The summed E-state index contributed by atoms with van der Waals surface area (Å²) >= 11 is 6.01. The lowest BCUT2D eigenvalue weighted by Crippen LogP contribution is -2.40. The van der Waals surface area contributed by atoms with Gasteiger partial charge >= 0.3 is 0 Å². The Morgan fingerprint density at radius 3 is 1.83 bits per heavy atom. The first kappa shape index (κ1) is 8.87. The molecule has 0 aromatic rings. The quantitative estimate of drug-likeness (QED) is 0.548. The van der Waals surface area contributed by atoms with Crippen LogP contribution >= 0.6 is 11.6 Å². The molecule has 0 amide bonds.